The number of halogens is 1. The molecule has 2 rings (SSSR count). The van der Waals surface area contributed by atoms with Crippen LogP contribution < -0.4 is 0 Å². The quantitative estimate of drug-likeness (QED) is 0.724. The maximum absolute atomic E-state index is 13.8. The van der Waals surface area contributed by atoms with Gasteiger partial charge >= 0.3 is 0 Å². The lowest BCUT2D eigenvalue weighted by atomic mass is 9.99. The van der Waals surface area contributed by atoms with Crippen LogP contribution in [0.4, 0.5) is 4.39 Å². The molecule has 0 aliphatic heterocycles. The van der Waals surface area contributed by atoms with Crippen LogP contribution in [0, 0.1) is 0 Å². The van der Waals surface area contributed by atoms with Gasteiger partial charge in [-0.3, -0.25) is 0 Å². The van der Waals surface area contributed by atoms with E-state index >= 15 is 0 Å². The Balaban J connectivity index is 2.20. The molecule has 0 nitrogen and oxygen atoms in total. The summed E-state index contributed by atoms with van der Waals surface area (Å²) in [5.41, 5.74) is 2.26. The molecule has 0 saturated carbocycles. The maximum atomic E-state index is 13.8. The molecule has 1 aromatic carbocycles. The van der Waals surface area contributed by atoms with Gasteiger partial charge in [-0.05, 0) is 23.5 Å². The van der Waals surface area contributed by atoms with Crippen molar-refractivity contribution < 1.29 is 4.39 Å². The molecule has 0 heterocycles. The highest BCUT2D eigenvalue weighted by atomic mass is 32.2. The first-order chi connectivity index (χ1) is 7.23. The minimum absolute atomic E-state index is 0.453. The minimum atomic E-state index is -1.21. The number of allylic oxidation sites excluding steroid dienone is 3. The smallest absolute Gasteiger partial charge is 0.178 e. The number of alkyl halides is 1. The molecule has 1 atom stereocenters. The summed E-state index contributed by atoms with van der Waals surface area (Å²) in [6, 6.07) is 10.1. The van der Waals surface area contributed by atoms with E-state index in [1.807, 2.05) is 42.5 Å². The fraction of sp³-hybridized carbons (Fsp3) is 0.231. The van der Waals surface area contributed by atoms with Crippen LogP contribution >= 0.6 is 11.8 Å². The molecule has 78 valence electrons. The Morgan fingerprint density at radius 2 is 2.00 bits per heavy atom. The first kappa shape index (κ1) is 10.5. The Kier molecular flexibility index (Phi) is 2.96. The van der Waals surface area contributed by atoms with Crippen molar-refractivity contribution >= 4 is 17.3 Å². The molecule has 2 heteroatoms. The summed E-state index contributed by atoms with van der Waals surface area (Å²) < 4.78 is 13.8. The van der Waals surface area contributed by atoms with Gasteiger partial charge in [-0.15, -0.1) is 11.8 Å². The average molecular weight is 220 g/mol. The third-order valence-electron chi connectivity index (χ3n) is 2.56. The molecule has 0 fully saturated rings. The van der Waals surface area contributed by atoms with E-state index in [9.17, 15) is 4.39 Å². The predicted octanol–water partition coefficient (Wildman–Crippen LogP) is 4.06. The maximum Gasteiger partial charge on any atom is 0.178 e. The molecule has 0 radical (unpaired) electrons. The molecular formula is C13H13FS. The van der Waals surface area contributed by atoms with Gasteiger partial charge in [-0.1, -0.05) is 42.5 Å². The zero-order chi connectivity index (χ0) is 10.7. The summed E-state index contributed by atoms with van der Waals surface area (Å²) in [6.45, 7) is 0. The SMILES string of the molecule is CSC1(F)C=CC(c2ccccc2)=CC1. The standard InChI is InChI=1S/C13H13FS/c1-15-13(14)9-7-12(8-10-13)11-5-3-2-4-6-11/h2-9H,10H2,1H3. The van der Waals surface area contributed by atoms with E-state index in [2.05, 4.69) is 0 Å². The molecule has 0 bridgehead atoms. The molecule has 0 N–H and O–H groups in total. The van der Waals surface area contributed by atoms with Crippen molar-refractivity contribution in [3.8, 4) is 0 Å². The first-order valence-corrected chi connectivity index (χ1v) is 6.15. The monoisotopic (exact) mass is 220 g/mol. The van der Waals surface area contributed by atoms with Gasteiger partial charge < -0.3 is 0 Å². The lowest BCUT2D eigenvalue weighted by Crippen LogP contribution is -2.15. The Bertz CT molecular complexity index is 394. The number of benzene rings is 1. The van der Waals surface area contributed by atoms with Crippen LogP contribution in [0.15, 0.2) is 48.6 Å². The molecule has 1 unspecified atom stereocenters. The normalized spacial score (nSPS) is 25.1. The average Bonchev–Trinajstić information content (AvgIpc) is 2.31. The molecular weight excluding hydrogens is 207 g/mol. The molecule has 15 heavy (non-hydrogen) atoms. The topological polar surface area (TPSA) is 0 Å². The molecule has 1 aliphatic carbocycles. The largest absolute Gasteiger partial charge is 0.227 e. The zero-order valence-electron chi connectivity index (χ0n) is 8.61. The van der Waals surface area contributed by atoms with Gasteiger partial charge in [0.1, 0.15) is 0 Å². The third kappa shape index (κ3) is 2.32. The van der Waals surface area contributed by atoms with Crippen molar-refractivity contribution in [3.05, 3.63) is 54.1 Å². The van der Waals surface area contributed by atoms with E-state index in [4.69, 9.17) is 0 Å². The number of thioether (sulfide) groups is 1. The van der Waals surface area contributed by atoms with E-state index in [-0.39, 0.29) is 0 Å². The van der Waals surface area contributed by atoms with Gasteiger partial charge in [-0.25, -0.2) is 4.39 Å². The summed E-state index contributed by atoms with van der Waals surface area (Å²) in [6.07, 6.45) is 7.74. The van der Waals surface area contributed by atoms with Crippen LogP contribution in [-0.2, 0) is 0 Å². The molecule has 0 spiro atoms. The van der Waals surface area contributed by atoms with E-state index in [1.54, 1.807) is 12.3 Å². The van der Waals surface area contributed by atoms with Gasteiger partial charge in [0.15, 0.2) is 5.00 Å². The van der Waals surface area contributed by atoms with E-state index < -0.39 is 5.00 Å². The van der Waals surface area contributed by atoms with Crippen LogP contribution in [0.25, 0.3) is 5.57 Å². The first-order valence-electron chi connectivity index (χ1n) is 4.92. The van der Waals surface area contributed by atoms with Gasteiger partial charge in [0.2, 0.25) is 0 Å². The van der Waals surface area contributed by atoms with E-state index in [0.717, 1.165) is 11.1 Å². The zero-order valence-corrected chi connectivity index (χ0v) is 9.43. The van der Waals surface area contributed by atoms with Gasteiger partial charge in [-0.2, -0.15) is 0 Å². The van der Waals surface area contributed by atoms with Gasteiger partial charge in [0, 0.05) is 6.42 Å². The van der Waals surface area contributed by atoms with Crippen LogP contribution in [0.2, 0.25) is 0 Å². The molecule has 0 aromatic heterocycles. The van der Waals surface area contributed by atoms with Gasteiger partial charge in [0.25, 0.3) is 0 Å². The molecule has 0 saturated heterocycles. The Labute approximate surface area is 93.9 Å². The summed E-state index contributed by atoms with van der Waals surface area (Å²) in [7, 11) is 0. The fourth-order valence-electron chi connectivity index (χ4n) is 1.60. The summed E-state index contributed by atoms with van der Waals surface area (Å²) in [5, 5.41) is -1.21. The Morgan fingerprint density at radius 3 is 2.53 bits per heavy atom. The number of rotatable bonds is 2. The highest BCUT2D eigenvalue weighted by Crippen LogP contribution is 2.36. The number of hydrogen-bond acceptors (Lipinski definition) is 1. The van der Waals surface area contributed by atoms with Crippen LogP contribution in [0.3, 0.4) is 0 Å². The summed E-state index contributed by atoms with van der Waals surface area (Å²) >= 11 is 1.25. The van der Waals surface area contributed by atoms with Crippen molar-refractivity contribution in [2.75, 3.05) is 6.26 Å². The van der Waals surface area contributed by atoms with Crippen LogP contribution in [0.1, 0.15) is 12.0 Å². The molecule has 1 aliphatic rings. The lowest BCUT2D eigenvalue weighted by molar-refractivity contribution is 0.359. The number of hydrogen-bond donors (Lipinski definition) is 0. The van der Waals surface area contributed by atoms with E-state index in [0.29, 0.717) is 6.42 Å². The fourth-order valence-corrected chi connectivity index (χ4v) is 2.05. The van der Waals surface area contributed by atoms with Crippen molar-refractivity contribution in [1.29, 1.82) is 0 Å². The highest BCUT2D eigenvalue weighted by molar-refractivity contribution is 8.00. The second-order valence-electron chi connectivity index (χ2n) is 3.55. The van der Waals surface area contributed by atoms with Crippen LogP contribution in [0.5, 0.6) is 0 Å². The third-order valence-corrected chi connectivity index (χ3v) is 3.54. The minimum Gasteiger partial charge on any atom is -0.227 e. The summed E-state index contributed by atoms with van der Waals surface area (Å²) in [5.74, 6) is 0. The molecule has 0 amide bonds. The Morgan fingerprint density at radius 1 is 1.27 bits per heavy atom. The lowest BCUT2D eigenvalue weighted by Gasteiger charge is -2.21. The van der Waals surface area contributed by atoms with Crippen LogP contribution in [-0.4, -0.2) is 11.3 Å². The second-order valence-corrected chi connectivity index (χ2v) is 4.64. The summed E-state index contributed by atoms with van der Waals surface area (Å²) in [4.78, 5) is 0. The predicted molar refractivity (Wildman–Crippen MR) is 65.5 cm³/mol. The van der Waals surface area contributed by atoms with Crippen molar-refractivity contribution in [2.24, 2.45) is 0 Å². The Hall–Kier alpha value is -1.02. The molecule has 1 aromatic rings. The van der Waals surface area contributed by atoms with Crippen molar-refractivity contribution in [3.63, 3.8) is 0 Å². The van der Waals surface area contributed by atoms with E-state index in [1.165, 1.54) is 11.8 Å². The highest BCUT2D eigenvalue weighted by Gasteiger charge is 2.26. The van der Waals surface area contributed by atoms with Crippen molar-refractivity contribution in [1.82, 2.24) is 0 Å². The van der Waals surface area contributed by atoms with Crippen molar-refractivity contribution in [2.45, 2.75) is 11.4 Å². The second kappa shape index (κ2) is 4.23. The van der Waals surface area contributed by atoms with Gasteiger partial charge in [0.05, 0.1) is 0 Å².